The zero-order valence-corrected chi connectivity index (χ0v) is 13.5. The van der Waals surface area contributed by atoms with Crippen LogP contribution in [-0.2, 0) is 6.54 Å². The number of imidazole rings is 1. The van der Waals surface area contributed by atoms with Gasteiger partial charge >= 0.3 is 0 Å². The topological polar surface area (TPSA) is 17.8 Å². The van der Waals surface area contributed by atoms with Crippen molar-refractivity contribution < 1.29 is 0 Å². The van der Waals surface area contributed by atoms with Gasteiger partial charge in [0.15, 0.2) is 0 Å². The van der Waals surface area contributed by atoms with Crippen LogP contribution >= 0.6 is 23.2 Å². The smallest absolute Gasteiger partial charge is 0.127 e. The van der Waals surface area contributed by atoms with Crippen molar-refractivity contribution in [1.82, 2.24) is 9.55 Å². The van der Waals surface area contributed by atoms with Crippen molar-refractivity contribution in [3.63, 3.8) is 0 Å². The fourth-order valence-corrected chi connectivity index (χ4v) is 3.59. The van der Waals surface area contributed by atoms with E-state index in [0.717, 1.165) is 28.4 Å². The van der Waals surface area contributed by atoms with E-state index in [2.05, 4.69) is 11.5 Å². The second-order valence-corrected chi connectivity index (χ2v) is 7.09. The molecule has 1 saturated carbocycles. The highest BCUT2D eigenvalue weighted by Gasteiger charge is 2.42. The van der Waals surface area contributed by atoms with Crippen LogP contribution in [-0.4, -0.2) is 9.55 Å². The van der Waals surface area contributed by atoms with Crippen molar-refractivity contribution in [2.75, 3.05) is 0 Å². The van der Waals surface area contributed by atoms with Crippen LogP contribution in [0, 0.1) is 5.41 Å². The molecule has 1 fully saturated rings. The third kappa shape index (κ3) is 2.44. The summed E-state index contributed by atoms with van der Waals surface area (Å²) in [5.41, 5.74) is 2.44. The molecule has 108 valence electrons. The lowest BCUT2D eigenvalue weighted by Crippen LogP contribution is -2.14. The van der Waals surface area contributed by atoms with Crippen LogP contribution in [0.1, 0.15) is 50.7 Å². The lowest BCUT2D eigenvalue weighted by molar-refractivity contribution is 0.387. The normalized spacial score (nSPS) is 18.4. The molecule has 1 atom stereocenters. The minimum atomic E-state index is -0.101. The molecule has 1 aliphatic rings. The Morgan fingerprint density at radius 2 is 2.15 bits per heavy atom. The van der Waals surface area contributed by atoms with Gasteiger partial charge in [0.1, 0.15) is 5.82 Å². The zero-order chi connectivity index (χ0) is 14.3. The number of alkyl halides is 1. The molecule has 0 bridgehead atoms. The first kappa shape index (κ1) is 14.2. The average Bonchev–Trinajstić information content (AvgIpc) is 3.03. The monoisotopic (exact) mass is 310 g/mol. The molecule has 0 radical (unpaired) electrons. The molecule has 4 heteroatoms. The molecule has 1 aromatic heterocycles. The Morgan fingerprint density at radius 3 is 2.75 bits per heavy atom. The maximum Gasteiger partial charge on any atom is 0.127 e. The molecule has 0 saturated heterocycles. The Morgan fingerprint density at radius 1 is 1.40 bits per heavy atom. The number of hydrogen-bond donors (Lipinski definition) is 0. The summed E-state index contributed by atoms with van der Waals surface area (Å²) in [6, 6.07) is 5.90. The first-order valence-corrected chi connectivity index (χ1v) is 8.16. The fraction of sp³-hybridized carbons (Fsp3) is 0.562. The Bertz CT molecular complexity index is 627. The molecule has 0 N–H and O–H groups in total. The van der Waals surface area contributed by atoms with Crippen LogP contribution in [0.2, 0.25) is 5.02 Å². The molecule has 0 spiro atoms. The summed E-state index contributed by atoms with van der Waals surface area (Å²) in [7, 11) is 0. The van der Waals surface area contributed by atoms with Gasteiger partial charge in [0.2, 0.25) is 0 Å². The van der Waals surface area contributed by atoms with E-state index in [1.165, 1.54) is 25.7 Å². The maximum absolute atomic E-state index is 6.40. The predicted molar refractivity (Wildman–Crippen MR) is 85.6 cm³/mol. The molecular weight excluding hydrogens is 291 g/mol. The molecule has 2 aromatic rings. The van der Waals surface area contributed by atoms with E-state index in [-0.39, 0.29) is 5.38 Å². The third-order valence-corrected chi connectivity index (χ3v) is 4.83. The van der Waals surface area contributed by atoms with Crippen molar-refractivity contribution in [3.05, 3.63) is 29.0 Å². The fourth-order valence-electron chi connectivity index (χ4n) is 3.15. The highest BCUT2D eigenvalue weighted by molar-refractivity contribution is 6.35. The van der Waals surface area contributed by atoms with E-state index in [1.54, 1.807) is 0 Å². The average molecular weight is 311 g/mol. The summed E-state index contributed by atoms with van der Waals surface area (Å²) in [6.07, 6.45) is 5.11. The largest absolute Gasteiger partial charge is 0.325 e. The molecule has 2 nitrogen and oxygen atoms in total. The summed E-state index contributed by atoms with van der Waals surface area (Å²) in [5.74, 6) is 0.942. The maximum atomic E-state index is 6.40. The van der Waals surface area contributed by atoms with E-state index < -0.39 is 0 Å². The first-order valence-electron chi connectivity index (χ1n) is 7.35. The van der Waals surface area contributed by atoms with E-state index in [9.17, 15) is 0 Å². The van der Waals surface area contributed by atoms with Crippen molar-refractivity contribution in [2.24, 2.45) is 5.41 Å². The number of aromatic nitrogens is 2. The number of hydrogen-bond acceptors (Lipinski definition) is 1. The summed E-state index contributed by atoms with van der Waals surface area (Å²) >= 11 is 12.7. The van der Waals surface area contributed by atoms with Gasteiger partial charge in [-0.15, -0.1) is 11.6 Å². The number of rotatable bonds is 5. The SMILES string of the molecule is CCCC1(Cn2c(C(C)Cl)nc3cccc(Cl)c32)CC1. The van der Waals surface area contributed by atoms with Gasteiger partial charge in [-0.2, -0.15) is 0 Å². The molecular formula is C16H20Cl2N2. The molecule has 1 heterocycles. The van der Waals surface area contributed by atoms with Gasteiger partial charge in [-0.3, -0.25) is 0 Å². The summed E-state index contributed by atoms with van der Waals surface area (Å²) in [4.78, 5) is 4.69. The van der Waals surface area contributed by atoms with E-state index in [0.29, 0.717) is 5.41 Å². The van der Waals surface area contributed by atoms with Crippen molar-refractivity contribution >= 4 is 34.2 Å². The predicted octanol–water partition coefficient (Wildman–Crippen LogP) is 5.57. The Balaban J connectivity index is 2.09. The second kappa shape index (κ2) is 5.23. The molecule has 1 aliphatic carbocycles. The van der Waals surface area contributed by atoms with Crippen LogP contribution in [0.25, 0.3) is 11.0 Å². The van der Waals surface area contributed by atoms with Gasteiger partial charge in [-0.1, -0.05) is 31.0 Å². The van der Waals surface area contributed by atoms with Crippen LogP contribution in [0.4, 0.5) is 0 Å². The molecule has 0 amide bonds. The first-order chi connectivity index (χ1) is 9.56. The zero-order valence-electron chi connectivity index (χ0n) is 12.0. The standard InChI is InChI=1S/C16H20Cl2N2/c1-3-7-16(8-9-16)10-20-14-12(18)5-4-6-13(14)19-15(20)11(2)17/h4-6,11H,3,7-10H2,1-2H3. The lowest BCUT2D eigenvalue weighted by atomic mass is 10.0. The quantitative estimate of drug-likeness (QED) is 0.660. The van der Waals surface area contributed by atoms with E-state index >= 15 is 0 Å². The number of halogens is 2. The summed E-state index contributed by atoms with van der Waals surface area (Å²) in [5, 5.41) is 0.668. The molecule has 20 heavy (non-hydrogen) atoms. The van der Waals surface area contributed by atoms with E-state index in [1.807, 2.05) is 25.1 Å². The number of nitrogens with zero attached hydrogens (tertiary/aromatic N) is 2. The van der Waals surface area contributed by atoms with Gasteiger partial charge < -0.3 is 4.57 Å². The molecule has 0 aliphatic heterocycles. The lowest BCUT2D eigenvalue weighted by Gasteiger charge is -2.18. The van der Waals surface area contributed by atoms with Crippen LogP contribution in [0.15, 0.2) is 18.2 Å². The van der Waals surface area contributed by atoms with Crippen molar-refractivity contribution in [3.8, 4) is 0 Å². The van der Waals surface area contributed by atoms with Gasteiger partial charge in [-0.25, -0.2) is 4.98 Å². The highest BCUT2D eigenvalue weighted by Crippen LogP contribution is 2.52. The van der Waals surface area contributed by atoms with Gasteiger partial charge in [0, 0.05) is 6.54 Å². The third-order valence-electron chi connectivity index (χ3n) is 4.33. The molecule has 1 unspecified atom stereocenters. The van der Waals surface area contributed by atoms with Crippen LogP contribution in [0.3, 0.4) is 0 Å². The second-order valence-electron chi connectivity index (χ2n) is 6.03. The Hall–Kier alpha value is -0.730. The van der Waals surface area contributed by atoms with Crippen molar-refractivity contribution in [1.29, 1.82) is 0 Å². The van der Waals surface area contributed by atoms with Gasteiger partial charge in [0.25, 0.3) is 0 Å². The minimum Gasteiger partial charge on any atom is -0.325 e. The van der Waals surface area contributed by atoms with E-state index in [4.69, 9.17) is 28.2 Å². The van der Waals surface area contributed by atoms with Gasteiger partial charge in [-0.05, 0) is 43.7 Å². The minimum absolute atomic E-state index is 0.101. The number of para-hydroxylation sites is 1. The highest BCUT2D eigenvalue weighted by atomic mass is 35.5. The van der Waals surface area contributed by atoms with Crippen LogP contribution in [0.5, 0.6) is 0 Å². The molecule has 3 rings (SSSR count). The van der Waals surface area contributed by atoms with Crippen LogP contribution < -0.4 is 0 Å². The Kier molecular flexibility index (Phi) is 3.72. The molecule has 1 aromatic carbocycles. The van der Waals surface area contributed by atoms with Crippen molar-refractivity contribution in [2.45, 2.75) is 51.5 Å². The summed E-state index contributed by atoms with van der Waals surface area (Å²) in [6.45, 7) is 5.23. The van der Waals surface area contributed by atoms with Gasteiger partial charge in [0.05, 0.1) is 21.4 Å². The summed E-state index contributed by atoms with van der Waals surface area (Å²) < 4.78 is 2.26. The Labute approximate surface area is 130 Å². The number of fused-ring (bicyclic) bond motifs is 1. The number of benzene rings is 1.